The molecule has 2 saturated carbocycles. The van der Waals surface area contributed by atoms with Crippen molar-refractivity contribution >= 4 is 17.8 Å². The molecule has 0 radical (unpaired) electrons. The van der Waals surface area contributed by atoms with E-state index in [-0.39, 0.29) is 29.3 Å². The fraction of sp³-hybridized carbons (Fsp3) is 0.680. The van der Waals surface area contributed by atoms with Crippen LogP contribution in [-0.2, 0) is 4.79 Å². The van der Waals surface area contributed by atoms with E-state index in [0.717, 1.165) is 44.6 Å². The van der Waals surface area contributed by atoms with Crippen LogP contribution in [0.3, 0.4) is 0 Å². The van der Waals surface area contributed by atoms with Crippen molar-refractivity contribution < 1.29 is 14.0 Å². The van der Waals surface area contributed by atoms with Gasteiger partial charge in [0.25, 0.3) is 11.8 Å². The number of halogens is 1. The molecule has 3 atom stereocenters. The summed E-state index contributed by atoms with van der Waals surface area (Å²) in [5.41, 5.74) is 5.59. The Morgan fingerprint density at radius 1 is 1.21 bits per heavy atom. The largest absolute Gasteiger partial charge is 0.369 e. The van der Waals surface area contributed by atoms with Gasteiger partial charge >= 0.3 is 0 Å². The summed E-state index contributed by atoms with van der Waals surface area (Å²) in [5.74, 6) is 0.316. The molecule has 7 nitrogen and oxygen atoms in total. The Morgan fingerprint density at radius 3 is 2.67 bits per heavy atom. The summed E-state index contributed by atoms with van der Waals surface area (Å²) in [7, 11) is 1.71. The molecule has 0 spiro atoms. The van der Waals surface area contributed by atoms with Gasteiger partial charge in [-0.2, -0.15) is 4.39 Å². The molecule has 3 aliphatic rings. The van der Waals surface area contributed by atoms with E-state index >= 15 is 0 Å². The number of rotatable bonds is 7. The van der Waals surface area contributed by atoms with Crippen LogP contribution in [0, 0.1) is 17.8 Å². The number of nitrogens with zero attached hydrogens (tertiary/aromatic N) is 3. The van der Waals surface area contributed by atoms with Gasteiger partial charge in [0, 0.05) is 30.9 Å². The molecule has 2 amide bonds. The number of carbonyl (C=O) groups is 2. The minimum absolute atomic E-state index is 0.00145. The van der Waals surface area contributed by atoms with E-state index in [1.54, 1.807) is 7.05 Å². The maximum absolute atomic E-state index is 13.4. The molecule has 2 heterocycles. The van der Waals surface area contributed by atoms with Crippen LogP contribution in [0.25, 0.3) is 0 Å². The van der Waals surface area contributed by atoms with Crippen LogP contribution in [0.2, 0.25) is 0 Å². The average molecular weight is 458 g/mol. The Labute approximate surface area is 195 Å². The zero-order valence-electron chi connectivity index (χ0n) is 19.6. The van der Waals surface area contributed by atoms with Gasteiger partial charge in [0.2, 0.25) is 5.95 Å². The SMILES string of the molecule is CN1C(=O)[C@@](CCC2CCCCC2)(C[C@H]2CCC[C@@H](NC(=O)c3ccnc(F)c3)C2)N=C1N. The normalized spacial score (nSPS) is 28.6. The van der Waals surface area contributed by atoms with E-state index in [0.29, 0.717) is 18.3 Å². The number of hydrogen-bond acceptors (Lipinski definition) is 5. The molecule has 3 N–H and O–H groups in total. The maximum atomic E-state index is 13.4. The number of nitrogens with two attached hydrogens (primary N) is 1. The Balaban J connectivity index is 1.41. The highest BCUT2D eigenvalue weighted by atomic mass is 19.1. The second-order valence-corrected chi connectivity index (χ2v) is 10.2. The second-order valence-electron chi connectivity index (χ2n) is 10.2. The minimum atomic E-state index is -0.777. The van der Waals surface area contributed by atoms with Gasteiger partial charge in [-0.25, -0.2) is 9.98 Å². The van der Waals surface area contributed by atoms with Gasteiger partial charge in [0.15, 0.2) is 5.96 Å². The monoisotopic (exact) mass is 457 g/mol. The first-order chi connectivity index (χ1) is 15.9. The summed E-state index contributed by atoms with van der Waals surface area (Å²) in [6.45, 7) is 0. The molecule has 2 fully saturated rings. The number of amides is 2. The molecule has 2 aliphatic carbocycles. The van der Waals surface area contributed by atoms with Crippen LogP contribution in [0.15, 0.2) is 23.3 Å². The fourth-order valence-corrected chi connectivity index (χ4v) is 5.97. The molecule has 0 unspecified atom stereocenters. The van der Waals surface area contributed by atoms with Gasteiger partial charge in [-0.05, 0) is 50.0 Å². The van der Waals surface area contributed by atoms with Gasteiger partial charge in [0.05, 0.1) is 0 Å². The van der Waals surface area contributed by atoms with E-state index in [1.165, 1.54) is 49.3 Å². The zero-order chi connectivity index (χ0) is 23.4. The molecule has 33 heavy (non-hydrogen) atoms. The molecule has 1 aromatic heterocycles. The molecular weight excluding hydrogens is 421 g/mol. The number of aliphatic imine (C=N–C) groups is 1. The predicted octanol–water partition coefficient (Wildman–Crippen LogP) is 3.79. The first kappa shape index (κ1) is 23.6. The lowest BCUT2D eigenvalue weighted by molar-refractivity contribution is -0.131. The average Bonchev–Trinajstić information content (AvgIpc) is 3.02. The number of guanidine groups is 1. The first-order valence-corrected chi connectivity index (χ1v) is 12.4. The Kier molecular flexibility index (Phi) is 7.29. The van der Waals surface area contributed by atoms with Crippen molar-refractivity contribution in [3.8, 4) is 0 Å². The van der Waals surface area contributed by atoms with E-state index in [1.807, 2.05) is 0 Å². The Morgan fingerprint density at radius 2 is 1.97 bits per heavy atom. The standard InChI is InChI=1S/C25H36FN5O2/c1-31-23(33)25(30-24(31)27,12-10-17-6-3-2-4-7-17)16-18-8-5-9-20(14-18)29-22(32)19-11-13-28-21(26)15-19/h11,13,15,17-18,20H,2-10,12,14,16H2,1H3,(H2,27,30)(H,29,32)/t18-,20+,25+/m0/s1. The second kappa shape index (κ2) is 10.2. The quantitative estimate of drug-likeness (QED) is 0.609. The number of likely N-dealkylation sites (N-methyl/N-ethyl adjacent to an activating group) is 1. The van der Waals surface area contributed by atoms with Crippen LogP contribution in [0.4, 0.5) is 4.39 Å². The zero-order valence-corrected chi connectivity index (χ0v) is 19.6. The van der Waals surface area contributed by atoms with Crippen molar-refractivity contribution in [3.05, 3.63) is 29.8 Å². The van der Waals surface area contributed by atoms with Crippen molar-refractivity contribution in [3.63, 3.8) is 0 Å². The fourth-order valence-electron chi connectivity index (χ4n) is 5.97. The molecular formula is C25H36FN5O2. The number of carbonyl (C=O) groups excluding carboxylic acids is 2. The minimum Gasteiger partial charge on any atom is -0.369 e. The summed E-state index contributed by atoms with van der Waals surface area (Å²) in [4.78, 5) is 35.6. The van der Waals surface area contributed by atoms with Crippen LogP contribution in [0.1, 0.15) is 87.4 Å². The van der Waals surface area contributed by atoms with E-state index < -0.39 is 11.5 Å². The van der Waals surface area contributed by atoms with Crippen LogP contribution in [0.5, 0.6) is 0 Å². The molecule has 0 aromatic carbocycles. The molecule has 1 aliphatic heterocycles. The van der Waals surface area contributed by atoms with Crippen molar-refractivity contribution in [1.82, 2.24) is 15.2 Å². The topological polar surface area (TPSA) is 101 Å². The van der Waals surface area contributed by atoms with Gasteiger partial charge in [-0.1, -0.05) is 44.9 Å². The van der Waals surface area contributed by atoms with Crippen LogP contribution >= 0.6 is 0 Å². The van der Waals surface area contributed by atoms with E-state index in [2.05, 4.69) is 10.3 Å². The van der Waals surface area contributed by atoms with Crippen LogP contribution < -0.4 is 11.1 Å². The lowest BCUT2D eigenvalue weighted by atomic mass is 9.74. The maximum Gasteiger partial charge on any atom is 0.257 e. The Bertz CT molecular complexity index is 901. The van der Waals surface area contributed by atoms with Crippen LogP contribution in [-0.4, -0.2) is 46.3 Å². The highest BCUT2D eigenvalue weighted by molar-refractivity contribution is 6.06. The van der Waals surface area contributed by atoms with Crippen molar-refractivity contribution in [1.29, 1.82) is 0 Å². The smallest absolute Gasteiger partial charge is 0.257 e. The Hall–Kier alpha value is -2.51. The van der Waals surface area contributed by atoms with Gasteiger partial charge in [-0.15, -0.1) is 0 Å². The highest BCUT2D eigenvalue weighted by Crippen LogP contribution is 2.40. The summed E-state index contributed by atoms with van der Waals surface area (Å²) < 4.78 is 13.4. The molecule has 1 aromatic rings. The van der Waals surface area contributed by atoms with Crippen molar-refractivity contribution in [2.75, 3.05) is 7.05 Å². The lowest BCUT2D eigenvalue weighted by Crippen LogP contribution is -2.45. The molecule has 4 rings (SSSR count). The van der Waals surface area contributed by atoms with E-state index in [4.69, 9.17) is 10.7 Å². The lowest BCUT2D eigenvalue weighted by Gasteiger charge is -2.35. The number of nitrogens with one attached hydrogen (secondary N) is 1. The summed E-state index contributed by atoms with van der Waals surface area (Å²) in [6.07, 6.45) is 13.7. The van der Waals surface area contributed by atoms with Crippen molar-refractivity contribution in [2.24, 2.45) is 22.6 Å². The van der Waals surface area contributed by atoms with E-state index in [9.17, 15) is 14.0 Å². The predicted molar refractivity (Wildman–Crippen MR) is 125 cm³/mol. The summed E-state index contributed by atoms with van der Waals surface area (Å²) >= 11 is 0. The first-order valence-electron chi connectivity index (χ1n) is 12.4. The summed E-state index contributed by atoms with van der Waals surface area (Å²) in [5, 5.41) is 3.05. The third-order valence-corrected chi connectivity index (χ3v) is 7.80. The van der Waals surface area contributed by atoms with Gasteiger partial charge < -0.3 is 11.1 Å². The summed E-state index contributed by atoms with van der Waals surface area (Å²) in [6, 6.07) is 2.67. The third kappa shape index (κ3) is 5.53. The third-order valence-electron chi connectivity index (χ3n) is 7.80. The molecule has 0 bridgehead atoms. The molecule has 8 heteroatoms. The van der Waals surface area contributed by atoms with Gasteiger partial charge in [0.1, 0.15) is 5.54 Å². The molecule has 180 valence electrons. The van der Waals surface area contributed by atoms with Gasteiger partial charge in [-0.3, -0.25) is 14.5 Å². The highest BCUT2D eigenvalue weighted by Gasteiger charge is 2.48. The number of hydrogen-bond donors (Lipinski definition) is 2. The van der Waals surface area contributed by atoms with Crippen molar-refractivity contribution in [2.45, 2.75) is 88.6 Å². The number of pyridine rings is 1. The molecule has 0 saturated heterocycles. The number of aromatic nitrogens is 1.